The predicted molar refractivity (Wildman–Crippen MR) is 115 cm³/mol. The first-order chi connectivity index (χ1) is 12.5. The Morgan fingerprint density at radius 1 is 1.26 bits per heavy atom. The van der Waals surface area contributed by atoms with Crippen LogP contribution in [0.3, 0.4) is 0 Å². The molecule has 1 unspecified atom stereocenters. The number of aliphatic imine (C=N–C) groups is 1. The summed E-state index contributed by atoms with van der Waals surface area (Å²) in [6.45, 7) is 9.33. The standard InChI is InChI=1S/C19H27FN4O2.HI/c1-5-15(26-17-10-8-7-9-16(17)20)11-22-19(21-6-2)23-12-18-24-13(3)14(4)25-18;/h7-10,15H,5-6,11-12H2,1-4H3,(H2,21,22,23);1H. The molecule has 0 aliphatic rings. The highest BCUT2D eigenvalue weighted by Crippen LogP contribution is 2.17. The van der Waals surface area contributed by atoms with Crippen LogP contribution in [0.4, 0.5) is 4.39 Å². The maximum Gasteiger partial charge on any atom is 0.216 e. The molecule has 8 heteroatoms. The Bertz CT molecular complexity index is 717. The van der Waals surface area contributed by atoms with E-state index in [1.165, 1.54) is 6.07 Å². The molecule has 0 aliphatic carbocycles. The van der Waals surface area contributed by atoms with Gasteiger partial charge >= 0.3 is 0 Å². The summed E-state index contributed by atoms with van der Waals surface area (Å²) in [4.78, 5) is 8.80. The monoisotopic (exact) mass is 490 g/mol. The van der Waals surface area contributed by atoms with Crippen LogP contribution in [0.2, 0.25) is 0 Å². The van der Waals surface area contributed by atoms with Gasteiger partial charge in [0.25, 0.3) is 0 Å². The highest BCUT2D eigenvalue weighted by molar-refractivity contribution is 14.0. The number of rotatable bonds is 8. The Balaban J connectivity index is 0.00000364. The first-order valence-corrected chi connectivity index (χ1v) is 8.89. The van der Waals surface area contributed by atoms with Crippen molar-refractivity contribution in [2.75, 3.05) is 13.1 Å². The summed E-state index contributed by atoms with van der Waals surface area (Å²) < 4.78 is 25.0. The first-order valence-electron chi connectivity index (χ1n) is 8.89. The van der Waals surface area contributed by atoms with Crippen LogP contribution in [-0.2, 0) is 6.54 Å². The van der Waals surface area contributed by atoms with Crippen LogP contribution in [0.5, 0.6) is 5.75 Å². The number of aryl methyl sites for hydroxylation is 2. The number of oxazole rings is 1. The predicted octanol–water partition coefficient (Wildman–Crippen LogP) is 3.96. The molecule has 2 N–H and O–H groups in total. The zero-order valence-electron chi connectivity index (χ0n) is 16.2. The number of hydrogen-bond donors (Lipinski definition) is 2. The zero-order valence-corrected chi connectivity index (χ0v) is 18.5. The minimum absolute atomic E-state index is 0. The van der Waals surface area contributed by atoms with E-state index >= 15 is 0 Å². The summed E-state index contributed by atoms with van der Waals surface area (Å²) >= 11 is 0. The van der Waals surface area contributed by atoms with Gasteiger partial charge in [0.15, 0.2) is 17.5 Å². The molecule has 1 heterocycles. The smallest absolute Gasteiger partial charge is 0.216 e. The fraction of sp³-hybridized carbons (Fsp3) is 0.474. The number of aromatic nitrogens is 1. The average Bonchev–Trinajstić information content (AvgIpc) is 2.95. The van der Waals surface area contributed by atoms with Crippen molar-refractivity contribution in [1.29, 1.82) is 0 Å². The van der Waals surface area contributed by atoms with Gasteiger partial charge in [0.1, 0.15) is 18.4 Å². The zero-order chi connectivity index (χ0) is 18.9. The molecular formula is C19H28FIN4O2. The van der Waals surface area contributed by atoms with Gasteiger partial charge in [-0.1, -0.05) is 19.1 Å². The molecule has 1 aromatic heterocycles. The fourth-order valence-electron chi connectivity index (χ4n) is 2.29. The topological polar surface area (TPSA) is 71.7 Å². The van der Waals surface area contributed by atoms with Gasteiger partial charge in [0.05, 0.1) is 12.2 Å². The van der Waals surface area contributed by atoms with E-state index in [-0.39, 0.29) is 41.6 Å². The lowest BCUT2D eigenvalue weighted by Crippen LogP contribution is -2.42. The number of hydrogen-bond acceptors (Lipinski definition) is 4. The Kier molecular flexibility index (Phi) is 10.1. The van der Waals surface area contributed by atoms with Crippen LogP contribution in [0.15, 0.2) is 33.7 Å². The Morgan fingerprint density at radius 3 is 2.59 bits per heavy atom. The van der Waals surface area contributed by atoms with Gasteiger partial charge < -0.3 is 19.8 Å². The second-order valence-electron chi connectivity index (χ2n) is 5.90. The normalized spacial score (nSPS) is 12.3. The molecule has 2 rings (SSSR count). The molecule has 0 fully saturated rings. The minimum Gasteiger partial charge on any atom is -0.486 e. The van der Waals surface area contributed by atoms with Gasteiger partial charge in [-0.25, -0.2) is 14.4 Å². The van der Waals surface area contributed by atoms with Gasteiger partial charge in [-0.2, -0.15) is 0 Å². The quantitative estimate of drug-likeness (QED) is 0.333. The summed E-state index contributed by atoms with van der Waals surface area (Å²) in [5, 5.41) is 6.39. The van der Waals surface area contributed by atoms with E-state index < -0.39 is 0 Å². The van der Waals surface area contributed by atoms with Crippen LogP contribution in [0.1, 0.15) is 37.6 Å². The summed E-state index contributed by atoms with van der Waals surface area (Å²) in [7, 11) is 0. The van der Waals surface area contributed by atoms with Crippen LogP contribution < -0.4 is 15.4 Å². The third kappa shape index (κ3) is 7.36. The molecular weight excluding hydrogens is 462 g/mol. The van der Waals surface area contributed by atoms with Crippen molar-refractivity contribution >= 4 is 29.9 Å². The van der Waals surface area contributed by atoms with Crippen molar-refractivity contribution in [3.05, 3.63) is 47.4 Å². The Hall–Kier alpha value is -1.84. The molecule has 0 amide bonds. The summed E-state index contributed by atoms with van der Waals surface area (Å²) in [5.74, 6) is 1.91. The van der Waals surface area contributed by atoms with E-state index in [1.54, 1.807) is 18.2 Å². The molecule has 27 heavy (non-hydrogen) atoms. The van der Waals surface area contributed by atoms with Gasteiger partial charge in [0, 0.05) is 6.54 Å². The number of ether oxygens (including phenoxy) is 1. The third-order valence-corrected chi connectivity index (χ3v) is 3.87. The number of benzene rings is 1. The van der Waals surface area contributed by atoms with Crippen molar-refractivity contribution < 1.29 is 13.5 Å². The molecule has 2 aromatic rings. The summed E-state index contributed by atoms with van der Waals surface area (Å²) in [6, 6.07) is 6.42. The molecule has 0 radical (unpaired) electrons. The van der Waals surface area contributed by atoms with Crippen LogP contribution in [0, 0.1) is 19.7 Å². The average molecular weight is 490 g/mol. The van der Waals surface area contributed by atoms with Gasteiger partial charge in [-0.3, -0.25) is 0 Å². The third-order valence-electron chi connectivity index (χ3n) is 3.87. The van der Waals surface area contributed by atoms with E-state index in [2.05, 4.69) is 20.6 Å². The van der Waals surface area contributed by atoms with E-state index in [0.717, 1.165) is 24.4 Å². The highest BCUT2D eigenvalue weighted by atomic mass is 127. The van der Waals surface area contributed by atoms with Crippen molar-refractivity contribution in [3.8, 4) is 5.75 Å². The molecule has 0 saturated carbocycles. The number of halogens is 2. The van der Waals surface area contributed by atoms with Crippen molar-refractivity contribution in [3.63, 3.8) is 0 Å². The molecule has 0 saturated heterocycles. The molecule has 0 bridgehead atoms. The molecule has 0 spiro atoms. The van der Waals surface area contributed by atoms with Crippen LogP contribution >= 0.6 is 24.0 Å². The largest absolute Gasteiger partial charge is 0.486 e. The number of nitrogens with one attached hydrogen (secondary N) is 2. The molecule has 150 valence electrons. The maximum atomic E-state index is 13.8. The minimum atomic E-state index is -0.360. The Morgan fingerprint density at radius 2 is 2.00 bits per heavy atom. The fourth-order valence-corrected chi connectivity index (χ4v) is 2.29. The second kappa shape index (κ2) is 11.8. The van der Waals surface area contributed by atoms with E-state index in [9.17, 15) is 4.39 Å². The highest BCUT2D eigenvalue weighted by Gasteiger charge is 2.12. The number of nitrogens with zero attached hydrogens (tertiary/aromatic N) is 2. The second-order valence-corrected chi connectivity index (χ2v) is 5.90. The van der Waals surface area contributed by atoms with E-state index in [0.29, 0.717) is 24.9 Å². The van der Waals surface area contributed by atoms with Crippen molar-refractivity contribution in [2.24, 2.45) is 4.99 Å². The van der Waals surface area contributed by atoms with Gasteiger partial charge in [0.2, 0.25) is 5.89 Å². The molecule has 1 atom stereocenters. The Labute approximate surface area is 177 Å². The van der Waals surface area contributed by atoms with Crippen molar-refractivity contribution in [1.82, 2.24) is 15.6 Å². The van der Waals surface area contributed by atoms with Crippen LogP contribution in [0.25, 0.3) is 0 Å². The lowest BCUT2D eigenvalue weighted by atomic mass is 10.2. The maximum absolute atomic E-state index is 13.8. The molecule has 0 aliphatic heterocycles. The van der Waals surface area contributed by atoms with Gasteiger partial charge in [-0.15, -0.1) is 24.0 Å². The van der Waals surface area contributed by atoms with E-state index in [1.807, 2.05) is 27.7 Å². The first kappa shape index (κ1) is 23.2. The number of guanidine groups is 1. The van der Waals surface area contributed by atoms with Crippen molar-refractivity contribution in [2.45, 2.75) is 46.8 Å². The van der Waals surface area contributed by atoms with Crippen LogP contribution in [-0.4, -0.2) is 30.1 Å². The van der Waals surface area contributed by atoms with E-state index in [4.69, 9.17) is 9.15 Å². The lowest BCUT2D eigenvalue weighted by molar-refractivity contribution is 0.191. The molecule has 6 nitrogen and oxygen atoms in total. The lowest BCUT2D eigenvalue weighted by Gasteiger charge is -2.20. The number of para-hydroxylation sites is 1. The summed E-state index contributed by atoms with van der Waals surface area (Å²) in [6.07, 6.45) is 0.556. The molecule has 1 aromatic carbocycles. The summed E-state index contributed by atoms with van der Waals surface area (Å²) in [5.41, 5.74) is 0.873. The SMILES string of the molecule is CCNC(=NCc1nc(C)c(C)o1)NCC(CC)Oc1ccccc1F.I. The van der Waals surface area contributed by atoms with Gasteiger partial charge in [-0.05, 0) is 39.3 Å².